The fourth-order valence-corrected chi connectivity index (χ4v) is 2.76. The smallest absolute Gasteiger partial charge is 0.438 e. The van der Waals surface area contributed by atoms with Gasteiger partial charge in [0.1, 0.15) is 0 Å². The minimum Gasteiger partial charge on any atom is -0.493 e. The number of hydrazone groups is 1. The Morgan fingerprint density at radius 2 is 1.75 bits per heavy atom. The van der Waals surface area contributed by atoms with Gasteiger partial charge in [0.2, 0.25) is 0 Å². The number of ether oxygens (including phenoxy) is 2. The summed E-state index contributed by atoms with van der Waals surface area (Å²) in [5, 5.41) is 14.1. The molecule has 28 heavy (non-hydrogen) atoms. The van der Waals surface area contributed by atoms with Crippen molar-refractivity contribution >= 4 is 11.6 Å². The molecule has 1 atom stereocenters. The Labute approximate surface area is 158 Å². The molecular weight excluding hydrogens is 377 g/mol. The minimum atomic E-state index is -5.10. The van der Waals surface area contributed by atoms with Gasteiger partial charge in [0.25, 0.3) is 11.6 Å². The topological polar surface area (TPSA) is 71.4 Å². The molecule has 0 fully saturated rings. The van der Waals surface area contributed by atoms with E-state index in [1.807, 2.05) is 0 Å². The third-order valence-corrected chi connectivity index (χ3v) is 4.20. The van der Waals surface area contributed by atoms with E-state index in [-0.39, 0.29) is 16.5 Å². The number of carbonyl (C=O) groups is 1. The van der Waals surface area contributed by atoms with Crippen LogP contribution in [0.15, 0.2) is 59.7 Å². The summed E-state index contributed by atoms with van der Waals surface area (Å²) in [5.41, 5.74) is -3.11. The fraction of sp³-hybridized carbons (Fsp3) is 0.263. The summed E-state index contributed by atoms with van der Waals surface area (Å²) in [5.74, 6) is -0.645. The number of carbonyl (C=O) groups excluding carboxylic acids is 1. The standard InChI is InChI=1S/C19H17F3N2O4/c1-27-15-9-5-6-10-16(15)28-12-17(25)24-18(26,19(20,21)22)11-14(23-24)13-7-3-2-4-8-13/h2-10,26H,11-12H2,1H3/t18-/m0/s1. The van der Waals surface area contributed by atoms with E-state index >= 15 is 0 Å². The summed E-state index contributed by atoms with van der Waals surface area (Å²) in [4.78, 5) is 12.5. The first-order chi connectivity index (χ1) is 13.3. The second kappa shape index (κ2) is 7.51. The molecule has 0 aromatic heterocycles. The molecule has 1 amide bonds. The number of methoxy groups -OCH3 is 1. The number of amides is 1. The molecule has 6 nitrogen and oxygen atoms in total. The Morgan fingerprint density at radius 1 is 1.14 bits per heavy atom. The summed E-state index contributed by atoms with van der Waals surface area (Å²) in [7, 11) is 1.39. The Hall–Kier alpha value is -3.07. The molecule has 0 saturated heterocycles. The fourth-order valence-electron chi connectivity index (χ4n) is 2.76. The molecule has 148 valence electrons. The van der Waals surface area contributed by atoms with Crippen LogP contribution >= 0.6 is 0 Å². The summed E-state index contributed by atoms with van der Waals surface area (Å²) in [6.07, 6.45) is -5.98. The zero-order chi connectivity index (χ0) is 20.4. The summed E-state index contributed by atoms with van der Waals surface area (Å²) >= 11 is 0. The zero-order valence-electron chi connectivity index (χ0n) is 14.8. The Balaban J connectivity index is 1.85. The van der Waals surface area contributed by atoms with Gasteiger partial charge < -0.3 is 14.6 Å². The maximum Gasteiger partial charge on any atom is 0.438 e. The number of rotatable bonds is 5. The number of hydrogen-bond donors (Lipinski definition) is 1. The molecule has 0 radical (unpaired) electrons. The van der Waals surface area contributed by atoms with Crippen molar-refractivity contribution in [2.45, 2.75) is 18.3 Å². The van der Waals surface area contributed by atoms with E-state index in [4.69, 9.17) is 9.47 Å². The second-order valence-corrected chi connectivity index (χ2v) is 6.05. The molecule has 9 heteroatoms. The van der Waals surface area contributed by atoms with Crippen LogP contribution in [0, 0.1) is 0 Å². The molecular formula is C19H17F3N2O4. The Bertz CT molecular complexity index is 886. The number of benzene rings is 2. The van der Waals surface area contributed by atoms with Crippen molar-refractivity contribution in [3.63, 3.8) is 0 Å². The van der Waals surface area contributed by atoms with Gasteiger partial charge in [-0.25, -0.2) is 0 Å². The molecule has 1 aliphatic heterocycles. The molecule has 0 spiro atoms. The number of aliphatic hydroxyl groups is 1. The molecule has 2 aromatic rings. The zero-order valence-corrected chi connectivity index (χ0v) is 14.8. The number of halogens is 3. The van der Waals surface area contributed by atoms with E-state index in [1.54, 1.807) is 48.5 Å². The van der Waals surface area contributed by atoms with Crippen molar-refractivity contribution < 1.29 is 32.5 Å². The molecule has 0 bridgehead atoms. The van der Waals surface area contributed by atoms with Gasteiger partial charge in [-0.15, -0.1) is 0 Å². The van der Waals surface area contributed by atoms with E-state index in [2.05, 4.69) is 5.10 Å². The van der Waals surface area contributed by atoms with Gasteiger partial charge in [-0.2, -0.15) is 23.3 Å². The lowest BCUT2D eigenvalue weighted by atomic mass is 10.0. The summed E-state index contributed by atoms with van der Waals surface area (Å²) < 4.78 is 51.0. The molecule has 1 aliphatic rings. The Kier molecular flexibility index (Phi) is 5.28. The summed E-state index contributed by atoms with van der Waals surface area (Å²) in [6.45, 7) is -0.760. The predicted octanol–water partition coefficient (Wildman–Crippen LogP) is 2.96. The maximum absolute atomic E-state index is 13.5. The normalized spacial score (nSPS) is 19.3. The quantitative estimate of drug-likeness (QED) is 0.847. The van der Waals surface area contributed by atoms with Crippen molar-refractivity contribution in [1.82, 2.24) is 5.01 Å². The van der Waals surface area contributed by atoms with Gasteiger partial charge in [0, 0.05) is 0 Å². The van der Waals surface area contributed by atoms with Gasteiger partial charge in [-0.3, -0.25) is 4.79 Å². The Morgan fingerprint density at radius 3 is 2.36 bits per heavy atom. The molecule has 1 N–H and O–H groups in total. The maximum atomic E-state index is 13.5. The van der Waals surface area contributed by atoms with Crippen LogP contribution in [0.1, 0.15) is 12.0 Å². The average molecular weight is 394 g/mol. The highest BCUT2D eigenvalue weighted by Crippen LogP contribution is 2.41. The van der Waals surface area contributed by atoms with Gasteiger partial charge in [-0.1, -0.05) is 42.5 Å². The van der Waals surface area contributed by atoms with E-state index in [1.165, 1.54) is 13.2 Å². The number of alkyl halides is 3. The summed E-state index contributed by atoms with van der Waals surface area (Å²) in [6, 6.07) is 14.4. The van der Waals surface area contributed by atoms with Gasteiger partial charge >= 0.3 is 6.18 Å². The van der Waals surface area contributed by atoms with Crippen LogP contribution in [-0.4, -0.2) is 47.4 Å². The largest absolute Gasteiger partial charge is 0.493 e. The van der Waals surface area contributed by atoms with Crippen LogP contribution < -0.4 is 9.47 Å². The van der Waals surface area contributed by atoms with E-state index in [0.717, 1.165) is 0 Å². The van der Waals surface area contributed by atoms with Crippen molar-refractivity contribution in [3.8, 4) is 11.5 Å². The van der Waals surface area contributed by atoms with E-state index in [9.17, 15) is 23.1 Å². The van der Waals surface area contributed by atoms with Crippen molar-refractivity contribution in [1.29, 1.82) is 0 Å². The van der Waals surface area contributed by atoms with Crippen LogP contribution in [-0.2, 0) is 4.79 Å². The average Bonchev–Trinajstić information content (AvgIpc) is 3.06. The number of para-hydroxylation sites is 2. The van der Waals surface area contributed by atoms with Crippen molar-refractivity contribution in [2.24, 2.45) is 5.10 Å². The molecule has 0 saturated carbocycles. The highest BCUT2D eigenvalue weighted by atomic mass is 19.4. The molecule has 0 unspecified atom stereocenters. The van der Waals surface area contributed by atoms with Gasteiger partial charge in [-0.05, 0) is 17.7 Å². The SMILES string of the molecule is COc1ccccc1OCC(=O)N1N=C(c2ccccc2)C[C@]1(O)C(F)(F)F. The third-order valence-electron chi connectivity index (χ3n) is 4.20. The lowest BCUT2D eigenvalue weighted by Gasteiger charge is -2.32. The lowest BCUT2D eigenvalue weighted by molar-refractivity contribution is -0.302. The first kappa shape index (κ1) is 19.7. The van der Waals surface area contributed by atoms with Gasteiger partial charge in [0.15, 0.2) is 18.1 Å². The van der Waals surface area contributed by atoms with E-state index < -0.39 is 30.8 Å². The van der Waals surface area contributed by atoms with Crippen LogP contribution in [0.2, 0.25) is 0 Å². The predicted molar refractivity (Wildman–Crippen MR) is 93.9 cm³/mol. The van der Waals surface area contributed by atoms with Gasteiger partial charge in [0.05, 0.1) is 19.2 Å². The monoisotopic (exact) mass is 394 g/mol. The first-order valence-corrected chi connectivity index (χ1v) is 8.27. The molecule has 2 aromatic carbocycles. The molecule has 1 heterocycles. The highest BCUT2D eigenvalue weighted by molar-refractivity contribution is 6.03. The lowest BCUT2D eigenvalue weighted by Crippen LogP contribution is -2.57. The van der Waals surface area contributed by atoms with Crippen LogP contribution in [0.25, 0.3) is 0 Å². The van der Waals surface area contributed by atoms with Crippen molar-refractivity contribution in [3.05, 3.63) is 60.2 Å². The van der Waals surface area contributed by atoms with Crippen LogP contribution in [0.5, 0.6) is 11.5 Å². The molecule has 3 rings (SSSR count). The number of hydrogen-bond acceptors (Lipinski definition) is 5. The van der Waals surface area contributed by atoms with Crippen LogP contribution in [0.4, 0.5) is 13.2 Å². The number of nitrogens with zero attached hydrogens (tertiary/aromatic N) is 2. The third kappa shape index (κ3) is 3.65. The highest BCUT2D eigenvalue weighted by Gasteiger charge is 2.63. The molecule has 0 aliphatic carbocycles. The first-order valence-electron chi connectivity index (χ1n) is 8.27. The second-order valence-electron chi connectivity index (χ2n) is 6.05. The van der Waals surface area contributed by atoms with E-state index in [0.29, 0.717) is 11.3 Å². The van der Waals surface area contributed by atoms with Crippen molar-refractivity contribution in [2.75, 3.05) is 13.7 Å². The minimum absolute atomic E-state index is 0.0464. The van der Waals surface area contributed by atoms with Crippen LogP contribution in [0.3, 0.4) is 0 Å².